The highest BCUT2D eigenvalue weighted by molar-refractivity contribution is 5.75. The minimum Gasteiger partial charge on any atom is -0.354 e. The van der Waals surface area contributed by atoms with Crippen LogP contribution in [0.15, 0.2) is 41.5 Å². The third-order valence-electron chi connectivity index (χ3n) is 3.41. The van der Waals surface area contributed by atoms with Crippen LogP contribution in [0.3, 0.4) is 0 Å². The van der Waals surface area contributed by atoms with Crippen molar-refractivity contribution in [2.24, 2.45) is 5.92 Å². The van der Waals surface area contributed by atoms with Gasteiger partial charge in [-0.2, -0.15) is 13.2 Å². The molecule has 0 saturated heterocycles. The topological polar surface area (TPSA) is 64.0 Å². The number of hydrogen-bond acceptors (Lipinski definition) is 3. The molecule has 0 aliphatic carbocycles. The average molecular weight is 353 g/mol. The molecule has 0 bridgehead atoms. The zero-order chi connectivity index (χ0) is 18.6. The Morgan fingerprint density at radius 1 is 1.24 bits per heavy atom. The summed E-state index contributed by atoms with van der Waals surface area (Å²) in [5, 5.41) is 2.69. The summed E-state index contributed by atoms with van der Waals surface area (Å²) in [6, 6.07) is 5.57. The molecule has 2 rings (SSSR count). The van der Waals surface area contributed by atoms with Crippen LogP contribution in [0.25, 0.3) is 11.3 Å². The van der Waals surface area contributed by atoms with Gasteiger partial charge in [-0.1, -0.05) is 26.0 Å². The summed E-state index contributed by atoms with van der Waals surface area (Å²) in [4.78, 5) is 27.9. The van der Waals surface area contributed by atoms with Gasteiger partial charge >= 0.3 is 6.18 Å². The Balaban J connectivity index is 2.14. The fourth-order valence-electron chi connectivity index (χ4n) is 2.06. The van der Waals surface area contributed by atoms with Crippen molar-refractivity contribution in [1.29, 1.82) is 0 Å². The maximum Gasteiger partial charge on any atom is 0.416 e. The molecule has 0 unspecified atom stereocenters. The predicted molar refractivity (Wildman–Crippen MR) is 86.8 cm³/mol. The number of carbonyl (C=O) groups excluding carboxylic acids is 1. The number of alkyl halides is 3. The molecular weight excluding hydrogens is 335 g/mol. The van der Waals surface area contributed by atoms with Crippen molar-refractivity contribution in [1.82, 2.24) is 14.9 Å². The summed E-state index contributed by atoms with van der Waals surface area (Å²) in [6.45, 7) is 4.25. The fourth-order valence-corrected chi connectivity index (χ4v) is 2.06. The lowest BCUT2D eigenvalue weighted by molar-refractivity contribution is -0.137. The highest BCUT2D eigenvalue weighted by atomic mass is 19.4. The SMILES string of the molecule is CC(C)CNC(=O)Cn1cnc(-c2ccc(C(F)(F)F)cc2)cc1=O. The van der Waals surface area contributed by atoms with E-state index >= 15 is 0 Å². The van der Waals surface area contributed by atoms with Crippen molar-refractivity contribution in [3.63, 3.8) is 0 Å². The largest absolute Gasteiger partial charge is 0.416 e. The standard InChI is InChI=1S/C17H18F3N3O2/c1-11(2)8-21-15(24)9-23-10-22-14(7-16(23)25)12-3-5-13(6-4-12)17(18,19)20/h3-7,10-11H,8-9H2,1-2H3,(H,21,24). The first-order valence-electron chi connectivity index (χ1n) is 7.67. The Labute approximate surface area is 142 Å². The number of benzene rings is 1. The zero-order valence-corrected chi connectivity index (χ0v) is 13.8. The van der Waals surface area contributed by atoms with Gasteiger partial charge in [0, 0.05) is 18.2 Å². The first-order valence-corrected chi connectivity index (χ1v) is 7.67. The maximum absolute atomic E-state index is 12.6. The van der Waals surface area contributed by atoms with Crippen LogP contribution in [0, 0.1) is 5.92 Å². The lowest BCUT2D eigenvalue weighted by Gasteiger charge is -2.10. The molecule has 5 nitrogen and oxygen atoms in total. The summed E-state index contributed by atoms with van der Waals surface area (Å²) in [5.74, 6) is -0.0132. The second-order valence-corrected chi connectivity index (χ2v) is 6.01. The molecule has 25 heavy (non-hydrogen) atoms. The van der Waals surface area contributed by atoms with Crippen molar-refractivity contribution in [2.75, 3.05) is 6.54 Å². The molecule has 1 aromatic heterocycles. The van der Waals surface area contributed by atoms with E-state index in [1.807, 2.05) is 13.8 Å². The van der Waals surface area contributed by atoms with E-state index in [0.29, 0.717) is 18.0 Å². The fraction of sp³-hybridized carbons (Fsp3) is 0.353. The molecule has 0 atom stereocenters. The van der Waals surface area contributed by atoms with Crippen LogP contribution in [0.4, 0.5) is 13.2 Å². The van der Waals surface area contributed by atoms with E-state index in [2.05, 4.69) is 10.3 Å². The highest BCUT2D eigenvalue weighted by Gasteiger charge is 2.30. The molecule has 1 amide bonds. The van der Waals surface area contributed by atoms with Gasteiger partial charge in [0.25, 0.3) is 5.56 Å². The first-order chi connectivity index (χ1) is 11.7. The Morgan fingerprint density at radius 2 is 1.88 bits per heavy atom. The second-order valence-electron chi connectivity index (χ2n) is 6.01. The van der Waals surface area contributed by atoms with E-state index in [-0.39, 0.29) is 18.1 Å². The molecule has 134 valence electrons. The lowest BCUT2D eigenvalue weighted by atomic mass is 10.1. The summed E-state index contributed by atoms with van der Waals surface area (Å²) >= 11 is 0. The number of carbonyl (C=O) groups is 1. The summed E-state index contributed by atoms with van der Waals surface area (Å²) in [5.41, 5.74) is -0.588. The Hall–Kier alpha value is -2.64. The van der Waals surface area contributed by atoms with Gasteiger partial charge in [-0.3, -0.25) is 14.2 Å². The highest BCUT2D eigenvalue weighted by Crippen LogP contribution is 2.30. The van der Waals surface area contributed by atoms with E-state index < -0.39 is 17.3 Å². The maximum atomic E-state index is 12.6. The zero-order valence-electron chi connectivity index (χ0n) is 13.8. The van der Waals surface area contributed by atoms with Gasteiger partial charge in [-0.05, 0) is 18.1 Å². The molecule has 0 saturated carbocycles. The van der Waals surface area contributed by atoms with Crippen LogP contribution < -0.4 is 10.9 Å². The van der Waals surface area contributed by atoms with Gasteiger partial charge in [0.05, 0.1) is 17.6 Å². The number of halogens is 3. The first kappa shape index (κ1) is 18.7. The molecule has 0 radical (unpaired) electrons. The van der Waals surface area contributed by atoms with Crippen molar-refractivity contribution >= 4 is 5.91 Å². The molecule has 0 aliphatic rings. The Bertz CT molecular complexity index is 796. The van der Waals surface area contributed by atoms with E-state index in [4.69, 9.17) is 0 Å². The minimum atomic E-state index is -4.42. The molecular formula is C17H18F3N3O2. The van der Waals surface area contributed by atoms with E-state index in [0.717, 1.165) is 16.7 Å². The van der Waals surface area contributed by atoms with Gasteiger partial charge in [-0.15, -0.1) is 0 Å². The number of hydrogen-bond donors (Lipinski definition) is 1. The number of rotatable bonds is 5. The Kier molecular flexibility index (Phi) is 5.61. The van der Waals surface area contributed by atoms with Crippen LogP contribution in [0.2, 0.25) is 0 Å². The molecule has 2 aromatic rings. The third kappa shape index (κ3) is 5.17. The van der Waals surface area contributed by atoms with Gasteiger partial charge < -0.3 is 5.32 Å². The van der Waals surface area contributed by atoms with Crippen molar-refractivity contribution in [3.05, 3.63) is 52.6 Å². The van der Waals surface area contributed by atoms with Gasteiger partial charge in [-0.25, -0.2) is 4.98 Å². The van der Waals surface area contributed by atoms with Crippen LogP contribution in [0.1, 0.15) is 19.4 Å². The van der Waals surface area contributed by atoms with E-state index in [9.17, 15) is 22.8 Å². The quantitative estimate of drug-likeness (QED) is 0.899. The molecule has 8 heteroatoms. The van der Waals surface area contributed by atoms with Gasteiger partial charge in [0.2, 0.25) is 5.91 Å². The van der Waals surface area contributed by atoms with Crippen molar-refractivity contribution < 1.29 is 18.0 Å². The minimum absolute atomic E-state index is 0.161. The third-order valence-corrected chi connectivity index (χ3v) is 3.41. The van der Waals surface area contributed by atoms with Crippen LogP contribution in [0.5, 0.6) is 0 Å². The van der Waals surface area contributed by atoms with Crippen LogP contribution >= 0.6 is 0 Å². The molecule has 1 heterocycles. The van der Waals surface area contributed by atoms with Gasteiger partial charge in [0.1, 0.15) is 6.54 Å². The average Bonchev–Trinajstić information content (AvgIpc) is 2.54. The number of nitrogens with one attached hydrogen (secondary N) is 1. The van der Waals surface area contributed by atoms with Crippen LogP contribution in [-0.4, -0.2) is 22.0 Å². The molecule has 0 aliphatic heterocycles. The van der Waals surface area contributed by atoms with E-state index in [1.54, 1.807) is 0 Å². The molecule has 1 N–H and O–H groups in total. The number of aromatic nitrogens is 2. The normalized spacial score (nSPS) is 11.6. The summed E-state index contributed by atoms with van der Waals surface area (Å²) in [6.07, 6.45) is -3.21. The van der Waals surface area contributed by atoms with Crippen molar-refractivity contribution in [2.45, 2.75) is 26.6 Å². The summed E-state index contributed by atoms with van der Waals surface area (Å²) < 4.78 is 38.8. The molecule has 1 aromatic carbocycles. The number of nitrogens with zero attached hydrogens (tertiary/aromatic N) is 2. The second kappa shape index (κ2) is 7.50. The summed E-state index contributed by atoms with van der Waals surface area (Å²) in [7, 11) is 0. The monoisotopic (exact) mass is 353 g/mol. The van der Waals surface area contributed by atoms with Gasteiger partial charge in [0.15, 0.2) is 0 Å². The Morgan fingerprint density at radius 3 is 2.40 bits per heavy atom. The van der Waals surface area contributed by atoms with E-state index in [1.165, 1.54) is 24.5 Å². The van der Waals surface area contributed by atoms with Crippen molar-refractivity contribution in [3.8, 4) is 11.3 Å². The molecule has 0 fully saturated rings. The van der Waals surface area contributed by atoms with Crippen LogP contribution in [-0.2, 0) is 17.5 Å². The predicted octanol–water partition coefficient (Wildman–Crippen LogP) is 2.70. The lowest BCUT2D eigenvalue weighted by Crippen LogP contribution is -2.34. The smallest absolute Gasteiger partial charge is 0.354 e. The molecule has 0 spiro atoms. The number of amides is 1.